The largest absolute Gasteiger partial charge is 0.465 e. The van der Waals surface area contributed by atoms with E-state index in [0.29, 0.717) is 13.1 Å². The summed E-state index contributed by atoms with van der Waals surface area (Å²) in [5.41, 5.74) is 1.12. The van der Waals surface area contributed by atoms with Gasteiger partial charge in [0.05, 0.1) is 30.3 Å². The second kappa shape index (κ2) is 8.02. The molecule has 1 aromatic carbocycles. The topological polar surface area (TPSA) is 95.0 Å². The van der Waals surface area contributed by atoms with Crippen molar-refractivity contribution >= 4 is 28.8 Å². The SMILES string of the molecule is CCOC(=O)C1(C(=O)OCC)COC(=O)[C@H]1CN1Cc2cc3ccccc3nc2C1. The van der Waals surface area contributed by atoms with Crippen molar-refractivity contribution in [2.75, 3.05) is 26.4 Å². The summed E-state index contributed by atoms with van der Waals surface area (Å²) in [4.78, 5) is 44.9. The molecule has 1 fully saturated rings. The third-order valence-corrected chi connectivity index (χ3v) is 5.70. The standard InChI is InChI=1S/C22H24N2O6/c1-3-28-20(26)22(21(27)29-4-2)13-30-19(25)16(22)11-24-10-15-9-14-7-5-6-8-17(14)23-18(15)12-24/h5-9,16H,3-4,10-13H2,1-2H3/t16-/m1/s1. The maximum atomic E-state index is 12.8. The van der Waals surface area contributed by atoms with Crippen LogP contribution in [0.4, 0.5) is 0 Å². The summed E-state index contributed by atoms with van der Waals surface area (Å²) in [5, 5.41) is 1.05. The highest BCUT2D eigenvalue weighted by Crippen LogP contribution is 2.40. The number of cyclic esters (lactones) is 1. The number of para-hydroxylation sites is 1. The maximum absolute atomic E-state index is 12.8. The fourth-order valence-electron chi connectivity index (χ4n) is 4.19. The number of fused-ring (bicyclic) bond motifs is 2. The van der Waals surface area contributed by atoms with Gasteiger partial charge in [-0.1, -0.05) is 18.2 Å². The van der Waals surface area contributed by atoms with Gasteiger partial charge in [-0.05, 0) is 31.5 Å². The molecule has 1 aromatic heterocycles. The van der Waals surface area contributed by atoms with Crippen molar-refractivity contribution in [3.05, 3.63) is 41.6 Å². The Balaban J connectivity index is 1.61. The molecule has 2 aliphatic heterocycles. The van der Waals surface area contributed by atoms with Crippen molar-refractivity contribution in [2.45, 2.75) is 26.9 Å². The lowest BCUT2D eigenvalue weighted by Gasteiger charge is -2.29. The van der Waals surface area contributed by atoms with E-state index >= 15 is 0 Å². The van der Waals surface area contributed by atoms with E-state index in [0.717, 1.165) is 22.2 Å². The number of hydrogen-bond acceptors (Lipinski definition) is 8. The zero-order chi connectivity index (χ0) is 21.3. The van der Waals surface area contributed by atoms with Crippen molar-refractivity contribution < 1.29 is 28.6 Å². The molecule has 0 amide bonds. The molecule has 1 saturated heterocycles. The summed E-state index contributed by atoms with van der Waals surface area (Å²) < 4.78 is 15.5. The van der Waals surface area contributed by atoms with Crippen molar-refractivity contribution in [2.24, 2.45) is 11.3 Å². The normalized spacial score (nSPS) is 20.1. The van der Waals surface area contributed by atoms with Crippen LogP contribution in [0.25, 0.3) is 10.9 Å². The van der Waals surface area contributed by atoms with Gasteiger partial charge in [-0.25, -0.2) is 0 Å². The fraction of sp³-hybridized carbons (Fsp3) is 0.455. The molecule has 0 aliphatic carbocycles. The third kappa shape index (κ3) is 3.31. The van der Waals surface area contributed by atoms with E-state index in [4.69, 9.17) is 19.2 Å². The number of ether oxygens (including phenoxy) is 3. The third-order valence-electron chi connectivity index (χ3n) is 5.70. The predicted octanol–water partition coefficient (Wildman–Crippen LogP) is 1.84. The van der Waals surface area contributed by atoms with Gasteiger partial charge in [-0.2, -0.15) is 0 Å². The Labute approximate surface area is 174 Å². The Kier molecular flexibility index (Phi) is 5.42. The van der Waals surface area contributed by atoms with Gasteiger partial charge in [0, 0.05) is 25.0 Å². The highest BCUT2D eigenvalue weighted by atomic mass is 16.6. The molecule has 8 nitrogen and oxygen atoms in total. The fourth-order valence-corrected chi connectivity index (χ4v) is 4.19. The summed E-state index contributed by atoms with van der Waals surface area (Å²) in [5.74, 6) is -3.15. The van der Waals surface area contributed by atoms with Gasteiger partial charge in [0.2, 0.25) is 5.41 Å². The molecule has 2 aromatic rings. The average Bonchev–Trinajstić information content (AvgIpc) is 3.27. The number of pyridine rings is 1. The van der Waals surface area contributed by atoms with Crippen LogP contribution in [-0.2, 0) is 41.7 Å². The Morgan fingerprint density at radius 1 is 1.17 bits per heavy atom. The highest BCUT2D eigenvalue weighted by Gasteiger charge is 2.63. The van der Waals surface area contributed by atoms with Crippen LogP contribution in [0.5, 0.6) is 0 Å². The first-order valence-electron chi connectivity index (χ1n) is 10.1. The van der Waals surface area contributed by atoms with Gasteiger partial charge in [-0.15, -0.1) is 0 Å². The number of aromatic nitrogens is 1. The summed E-state index contributed by atoms with van der Waals surface area (Å²) in [6.07, 6.45) is 0. The molecule has 0 saturated carbocycles. The van der Waals surface area contributed by atoms with Gasteiger partial charge in [-0.3, -0.25) is 24.3 Å². The monoisotopic (exact) mass is 412 g/mol. The van der Waals surface area contributed by atoms with Gasteiger partial charge in [0.25, 0.3) is 0 Å². The molecule has 4 rings (SSSR count). The number of benzene rings is 1. The first-order chi connectivity index (χ1) is 14.5. The quantitative estimate of drug-likeness (QED) is 0.403. The van der Waals surface area contributed by atoms with E-state index in [9.17, 15) is 14.4 Å². The van der Waals surface area contributed by atoms with Crippen LogP contribution in [0.1, 0.15) is 25.1 Å². The lowest BCUT2D eigenvalue weighted by atomic mass is 9.77. The van der Waals surface area contributed by atoms with Gasteiger partial charge in [0.1, 0.15) is 6.61 Å². The molecule has 0 spiro atoms. The zero-order valence-corrected chi connectivity index (χ0v) is 17.1. The number of rotatable bonds is 6. The first-order valence-corrected chi connectivity index (χ1v) is 10.1. The minimum Gasteiger partial charge on any atom is -0.465 e. The van der Waals surface area contributed by atoms with Crippen LogP contribution in [0.15, 0.2) is 30.3 Å². The Morgan fingerprint density at radius 2 is 1.87 bits per heavy atom. The first kappa shape index (κ1) is 20.3. The van der Waals surface area contributed by atoms with E-state index in [1.54, 1.807) is 13.8 Å². The molecule has 1 atom stereocenters. The van der Waals surface area contributed by atoms with Gasteiger partial charge < -0.3 is 14.2 Å². The average molecular weight is 412 g/mol. The van der Waals surface area contributed by atoms with Crippen molar-refractivity contribution in [3.8, 4) is 0 Å². The van der Waals surface area contributed by atoms with Crippen molar-refractivity contribution in [3.63, 3.8) is 0 Å². The molecule has 0 bridgehead atoms. The van der Waals surface area contributed by atoms with Crippen molar-refractivity contribution in [1.29, 1.82) is 0 Å². The number of carbonyl (C=O) groups excluding carboxylic acids is 3. The number of hydrogen-bond donors (Lipinski definition) is 0. The molecule has 30 heavy (non-hydrogen) atoms. The lowest BCUT2D eigenvalue weighted by Crippen LogP contribution is -2.51. The molecule has 2 aliphatic rings. The summed E-state index contributed by atoms with van der Waals surface area (Å²) >= 11 is 0. The highest BCUT2D eigenvalue weighted by molar-refractivity contribution is 6.06. The number of esters is 3. The second-order valence-electron chi connectivity index (χ2n) is 7.53. The van der Waals surface area contributed by atoms with Crippen LogP contribution in [0, 0.1) is 11.3 Å². The Bertz CT molecular complexity index is 942. The summed E-state index contributed by atoms with van der Waals surface area (Å²) in [6, 6.07) is 9.96. The smallest absolute Gasteiger partial charge is 0.328 e. The van der Waals surface area contributed by atoms with E-state index in [-0.39, 0.29) is 26.4 Å². The van der Waals surface area contributed by atoms with Crippen LogP contribution in [0.3, 0.4) is 0 Å². The molecular weight excluding hydrogens is 388 g/mol. The van der Waals surface area contributed by atoms with E-state index in [1.807, 2.05) is 29.2 Å². The lowest BCUT2D eigenvalue weighted by molar-refractivity contribution is -0.175. The van der Waals surface area contributed by atoms with Crippen LogP contribution in [-0.4, -0.2) is 54.2 Å². The zero-order valence-electron chi connectivity index (χ0n) is 17.1. The minimum absolute atomic E-state index is 0.0898. The van der Waals surface area contributed by atoms with E-state index in [2.05, 4.69) is 6.07 Å². The summed E-state index contributed by atoms with van der Waals surface area (Å²) in [6.45, 7) is 4.37. The van der Waals surface area contributed by atoms with Gasteiger partial charge in [0.15, 0.2) is 0 Å². The molecular formula is C22H24N2O6. The van der Waals surface area contributed by atoms with E-state index < -0.39 is 29.2 Å². The summed E-state index contributed by atoms with van der Waals surface area (Å²) in [7, 11) is 0. The number of carbonyl (C=O) groups is 3. The molecule has 0 radical (unpaired) electrons. The molecule has 3 heterocycles. The van der Waals surface area contributed by atoms with Crippen LogP contribution < -0.4 is 0 Å². The Hall–Kier alpha value is -3.00. The molecule has 158 valence electrons. The second-order valence-corrected chi connectivity index (χ2v) is 7.53. The maximum Gasteiger partial charge on any atom is 0.328 e. The van der Waals surface area contributed by atoms with Gasteiger partial charge >= 0.3 is 17.9 Å². The predicted molar refractivity (Wildman–Crippen MR) is 106 cm³/mol. The van der Waals surface area contributed by atoms with Crippen LogP contribution in [0.2, 0.25) is 0 Å². The number of nitrogens with zero attached hydrogens (tertiary/aromatic N) is 2. The van der Waals surface area contributed by atoms with Crippen molar-refractivity contribution in [1.82, 2.24) is 9.88 Å². The van der Waals surface area contributed by atoms with E-state index in [1.165, 1.54) is 0 Å². The minimum atomic E-state index is -1.78. The molecule has 0 unspecified atom stereocenters. The molecule has 8 heteroatoms. The van der Waals surface area contributed by atoms with Crippen LogP contribution >= 0.6 is 0 Å². The molecule has 0 N–H and O–H groups in total. The Morgan fingerprint density at radius 3 is 2.57 bits per heavy atom.